The van der Waals surface area contributed by atoms with Gasteiger partial charge < -0.3 is 9.84 Å². The molecule has 19 heavy (non-hydrogen) atoms. The second-order valence-corrected chi connectivity index (χ2v) is 5.39. The quantitative estimate of drug-likeness (QED) is 0.882. The molecule has 2 aliphatic rings. The molecule has 2 unspecified atom stereocenters. The molecule has 1 N–H and O–H groups in total. The van der Waals surface area contributed by atoms with Crippen molar-refractivity contribution in [3.63, 3.8) is 0 Å². The van der Waals surface area contributed by atoms with Crippen LogP contribution in [-0.2, 0) is 16.1 Å². The van der Waals surface area contributed by atoms with Gasteiger partial charge in [-0.05, 0) is 24.0 Å². The van der Waals surface area contributed by atoms with Crippen LogP contribution in [0, 0.1) is 0 Å². The number of fused-ring (bicyclic) bond motifs is 1. The van der Waals surface area contributed by atoms with Crippen molar-refractivity contribution in [1.29, 1.82) is 0 Å². The molecule has 1 saturated heterocycles. The molecule has 102 valence electrons. The van der Waals surface area contributed by atoms with Gasteiger partial charge in [-0.1, -0.05) is 24.3 Å². The van der Waals surface area contributed by atoms with E-state index in [4.69, 9.17) is 4.74 Å². The molecule has 0 aliphatic carbocycles. The van der Waals surface area contributed by atoms with Crippen molar-refractivity contribution >= 4 is 5.97 Å². The summed E-state index contributed by atoms with van der Waals surface area (Å²) in [4.78, 5) is 13.8. The highest BCUT2D eigenvalue weighted by Crippen LogP contribution is 2.31. The minimum Gasteiger partial charge on any atom is -0.481 e. The number of hydrogen-bond donors (Lipinski definition) is 1. The Morgan fingerprint density at radius 3 is 2.95 bits per heavy atom. The molecule has 1 fully saturated rings. The van der Waals surface area contributed by atoms with Gasteiger partial charge in [-0.15, -0.1) is 0 Å². The molecule has 2 atom stereocenters. The van der Waals surface area contributed by atoms with Crippen LogP contribution in [0.2, 0.25) is 0 Å². The normalized spacial score (nSPS) is 27.8. The Hall–Kier alpha value is -1.39. The summed E-state index contributed by atoms with van der Waals surface area (Å²) in [5.74, 6) is -1.14. The first-order chi connectivity index (χ1) is 9.25. The molecule has 4 heteroatoms. The molecule has 2 heterocycles. The summed E-state index contributed by atoms with van der Waals surface area (Å²) in [6.45, 7) is 3.01. The van der Waals surface area contributed by atoms with E-state index in [9.17, 15) is 9.90 Å². The van der Waals surface area contributed by atoms with E-state index in [1.165, 1.54) is 0 Å². The second kappa shape index (κ2) is 5.31. The number of aliphatic carboxylic acids is 1. The van der Waals surface area contributed by atoms with E-state index in [-0.39, 0.29) is 0 Å². The van der Waals surface area contributed by atoms with E-state index >= 15 is 0 Å². The first kappa shape index (κ1) is 12.6. The molecule has 1 aromatic carbocycles. The highest BCUT2D eigenvalue weighted by Gasteiger charge is 2.33. The smallest absolute Gasteiger partial charge is 0.312 e. The number of carboxylic acids is 1. The summed E-state index contributed by atoms with van der Waals surface area (Å²) in [6, 6.07) is 8.26. The summed E-state index contributed by atoms with van der Waals surface area (Å²) in [7, 11) is 0. The van der Waals surface area contributed by atoms with Crippen LogP contribution in [0.5, 0.6) is 0 Å². The van der Waals surface area contributed by atoms with Crippen LogP contribution in [0.25, 0.3) is 0 Å². The fourth-order valence-corrected chi connectivity index (χ4v) is 3.14. The highest BCUT2D eigenvalue weighted by molar-refractivity contribution is 5.77. The van der Waals surface area contributed by atoms with E-state index < -0.39 is 11.9 Å². The molecular weight excluding hydrogens is 242 g/mol. The van der Waals surface area contributed by atoms with Gasteiger partial charge in [0.2, 0.25) is 0 Å². The summed E-state index contributed by atoms with van der Waals surface area (Å²) in [5.41, 5.74) is 2.12. The summed E-state index contributed by atoms with van der Waals surface area (Å²) in [6.07, 6.45) is 2.18. The Balaban J connectivity index is 1.85. The fraction of sp³-hybridized carbons (Fsp3) is 0.533. The van der Waals surface area contributed by atoms with Gasteiger partial charge in [0, 0.05) is 25.7 Å². The number of benzene rings is 1. The Labute approximate surface area is 113 Å². The zero-order valence-electron chi connectivity index (χ0n) is 10.9. The largest absolute Gasteiger partial charge is 0.481 e. The molecule has 0 aromatic heterocycles. The van der Waals surface area contributed by atoms with Crippen molar-refractivity contribution < 1.29 is 14.6 Å². The first-order valence-corrected chi connectivity index (χ1v) is 6.88. The monoisotopic (exact) mass is 261 g/mol. The maximum absolute atomic E-state index is 11.5. The minimum atomic E-state index is -0.728. The lowest BCUT2D eigenvalue weighted by molar-refractivity contribution is -0.140. The number of nitrogens with zero attached hydrogens (tertiary/aromatic N) is 1. The van der Waals surface area contributed by atoms with Crippen LogP contribution in [0.3, 0.4) is 0 Å². The second-order valence-electron chi connectivity index (χ2n) is 5.39. The first-order valence-electron chi connectivity index (χ1n) is 6.88. The number of carboxylic acid groups (broad SMARTS) is 1. The average molecular weight is 261 g/mol. The van der Waals surface area contributed by atoms with Gasteiger partial charge in [-0.25, -0.2) is 0 Å². The van der Waals surface area contributed by atoms with Crippen molar-refractivity contribution in [2.24, 2.45) is 0 Å². The molecule has 0 bridgehead atoms. The lowest BCUT2D eigenvalue weighted by Gasteiger charge is -2.39. The SMILES string of the molecule is O=C(O)C1CN(C2CCCOC2)Cc2ccccc21. The van der Waals surface area contributed by atoms with Gasteiger partial charge in [0.1, 0.15) is 0 Å². The van der Waals surface area contributed by atoms with Gasteiger partial charge in [0.25, 0.3) is 0 Å². The third-order valence-corrected chi connectivity index (χ3v) is 4.17. The third-order valence-electron chi connectivity index (χ3n) is 4.17. The van der Waals surface area contributed by atoms with E-state index in [0.717, 1.165) is 43.7 Å². The molecule has 3 rings (SSSR count). The molecule has 0 spiro atoms. The van der Waals surface area contributed by atoms with E-state index in [0.29, 0.717) is 12.6 Å². The van der Waals surface area contributed by atoms with Gasteiger partial charge in [0.15, 0.2) is 0 Å². The maximum Gasteiger partial charge on any atom is 0.312 e. The average Bonchev–Trinajstić information content (AvgIpc) is 2.47. The lowest BCUT2D eigenvalue weighted by Crippen LogP contribution is -2.46. The van der Waals surface area contributed by atoms with Crippen LogP contribution in [0.15, 0.2) is 24.3 Å². The number of hydrogen-bond acceptors (Lipinski definition) is 3. The highest BCUT2D eigenvalue weighted by atomic mass is 16.5. The predicted octanol–water partition coefficient (Wildman–Crippen LogP) is 1.85. The topological polar surface area (TPSA) is 49.8 Å². The number of rotatable bonds is 2. The minimum absolute atomic E-state index is 0.365. The summed E-state index contributed by atoms with van der Waals surface area (Å²) >= 11 is 0. The summed E-state index contributed by atoms with van der Waals surface area (Å²) in [5, 5.41) is 9.44. The molecule has 0 radical (unpaired) electrons. The van der Waals surface area contributed by atoms with Gasteiger partial charge in [0.05, 0.1) is 12.5 Å². The van der Waals surface area contributed by atoms with Crippen molar-refractivity contribution in [3.8, 4) is 0 Å². The number of carbonyl (C=O) groups is 1. The van der Waals surface area contributed by atoms with Crippen LogP contribution in [0.1, 0.15) is 29.9 Å². The van der Waals surface area contributed by atoms with E-state index in [1.54, 1.807) is 0 Å². The fourth-order valence-electron chi connectivity index (χ4n) is 3.14. The van der Waals surface area contributed by atoms with Crippen molar-refractivity contribution in [1.82, 2.24) is 4.90 Å². The molecule has 4 nitrogen and oxygen atoms in total. The Kier molecular flexibility index (Phi) is 3.53. The summed E-state index contributed by atoms with van der Waals surface area (Å²) < 4.78 is 5.53. The Bertz CT molecular complexity index is 468. The zero-order chi connectivity index (χ0) is 13.2. The molecule has 0 saturated carbocycles. The van der Waals surface area contributed by atoms with Crippen LogP contribution < -0.4 is 0 Å². The van der Waals surface area contributed by atoms with Gasteiger partial charge in [-0.3, -0.25) is 9.69 Å². The molecular formula is C15H19NO3. The Morgan fingerprint density at radius 2 is 2.21 bits per heavy atom. The van der Waals surface area contributed by atoms with Crippen LogP contribution in [-0.4, -0.2) is 41.8 Å². The zero-order valence-corrected chi connectivity index (χ0v) is 10.9. The molecule has 1 aromatic rings. The van der Waals surface area contributed by atoms with Crippen LogP contribution in [0.4, 0.5) is 0 Å². The Morgan fingerprint density at radius 1 is 1.37 bits per heavy atom. The van der Waals surface area contributed by atoms with Gasteiger partial charge >= 0.3 is 5.97 Å². The third kappa shape index (κ3) is 2.51. The van der Waals surface area contributed by atoms with Crippen molar-refractivity contribution in [3.05, 3.63) is 35.4 Å². The standard InChI is InChI=1S/C15H19NO3/c17-15(18)14-9-16(12-5-3-7-19-10-12)8-11-4-1-2-6-13(11)14/h1-2,4,6,12,14H,3,5,7-10H2,(H,17,18). The number of ether oxygens (including phenoxy) is 1. The molecule has 2 aliphatic heterocycles. The van der Waals surface area contributed by atoms with Gasteiger partial charge in [-0.2, -0.15) is 0 Å². The van der Waals surface area contributed by atoms with Crippen molar-refractivity contribution in [2.45, 2.75) is 31.3 Å². The molecule has 0 amide bonds. The van der Waals surface area contributed by atoms with Crippen molar-refractivity contribution in [2.75, 3.05) is 19.8 Å². The maximum atomic E-state index is 11.5. The van der Waals surface area contributed by atoms with Crippen LogP contribution >= 0.6 is 0 Å². The lowest BCUT2D eigenvalue weighted by atomic mass is 9.88. The van der Waals surface area contributed by atoms with E-state index in [2.05, 4.69) is 4.90 Å². The van der Waals surface area contributed by atoms with E-state index in [1.807, 2.05) is 24.3 Å². The predicted molar refractivity (Wildman–Crippen MR) is 71.1 cm³/mol.